The fourth-order valence-corrected chi connectivity index (χ4v) is 2.29. The second-order valence-electron chi connectivity index (χ2n) is 2.82. The highest BCUT2D eigenvalue weighted by Gasteiger charge is 2.40. The molecule has 0 fully saturated rings. The van der Waals surface area contributed by atoms with E-state index < -0.39 is 16.8 Å². The monoisotopic (exact) mass is 266 g/mol. The molecule has 0 saturated heterocycles. The maximum Gasteiger partial charge on any atom is 0.455 e. The molecule has 0 aromatic carbocycles. The Hall–Kier alpha value is -1.21. The maximum atomic E-state index is 12.2. The van der Waals surface area contributed by atoms with Gasteiger partial charge in [0.15, 0.2) is 0 Å². The molecule has 3 nitrogen and oxygen atoms in total. The lowest BCUT2D eigenvalue weighted by molar-refractivity contribution is -0.0882. The molecule has 0 bridgehead atoms. The quantitative estimate of drug-likeness (QED) is 0.588. The van der Waals surface area contributed by atoms with E-state index in [0.717, 1.165) is 12.4 Å². The average molecular weight is 267 g/mol. The largest absolute Gasteiger partial charge is 0.455 e. The number of halogens is 4. The lowest BCUT2D eigenvalue weighted by Crippen LogP contribution is -2.21. The van der Waals surface area contributed by atoms with Crippen LogP contribution in [0.2, 0.25) is 5.15 Å². The lowest BCUT2D eigenvalue weighted by Gasteiger charge is -2.00. The second-order valence-corrected chi connectivity index (χ2v) is 4.23. The van der Waals surface area contributed by atoms with E-state index in [1.807, 2.05) is 0 Å². The average Bonchev–Trinajstić information content (AvgIpc) is 2.60. The molecule has 2 rings (SSSR count). The number of carbonyl (C=O) groups is 1. The van der Waals surface area contributed by atoms with E-state index in [9.17, 15) is 18.0 Å². The first kappa shape index (κ1) is 11.3. The number of ketones is 1. The van der Waals surface area contributed by atoms with Crippen LogP contribution in [0.1, 0.15) is 9.67 Å². The van der Waals surface area contributed by atoms with E-state index in [4.69, 9.17) is 11.6 Å². The molecule has 0 N–H and O–H groups in total. The van der Waals surface area contributed by atoms with Crippen molar-refractivity contribution >= 4 is 38.9 Å². The molecule has 0 aliphatic carbocycles. The minimum absolute atomic E-state index is 0.0382. The van der Waals surface area contributed by atoms with Crippen LogP contribution in [0.4, 0.5) is 13.2 Å². The Morgan fingerprint density at radius 3 is 2.62 bits per heavy atom. The van der Waals surface area contributed by atoms with Crippen molar-refractivity contribution in [3.8, 4) is 0 Å². The van der Waals surface area contributed by atoms with Gasteiger partial charge in [-0.15, -0.1) is 11.3 Å². The predicted octanol–water partition coefficient (Wildman–Crippen LogP) is 3.09. The summed E-state index contributed by atoms with van der Waals surface area (Å²) in [6.45, 7) is 0. The number of carbonyl (C=O) groups excluding carboxylic acids is 1. The van der Waals surface area contributed by atoms with Crippen LogP contribution in [-0.2, 0) is 0 Å². The van der Waals surface area contributed by atoms with Gasteiger partial charge in [0.1, 0.15) is 11.5 Å². The molecule has 0 atom stereocenters. The topological polar surface area (TPSA) is 42.9 Å². The normalized spacial score (nSPS) is 12.0. The summed E-state index contributed by atoms with van der Waals surface area (Å²) < 4.78 is 36.7. The number of alkyl halides is 3. The van der Waals surface area contributed by atoms with Crippen molar-refractivity contribution in [2.45, 2.75) is 6.18 Å². The first-order valence-electron chi connectivity index (χ1n) is 3.91. The summed E-state index contributed by atoms with van der Waals surface area (Å²) in [6, 6.07) is 1.06. The Morgan fingerprint density at radius 1 is 1.38 bits per heavy atom. The first-order chi connectivity index (χ1) is 7.39. The van der Waals surface area contributed by atoms with Crippen LogP contribution in [0, 0.1) is 0 Å². The van der Waals surface area contributed by atoms with Crippen molar-refractivity contribution in [2.75, 3.05) is 0 Å². The van der Waals surface area contributed by atoms with Crippen molar-refractivity contribution in [1.82, 2.24) is 9.97 Å². The maximum absolute atomic E-state index is 12.2. The fraction of sp³-hybridized carbons (Fsp3) is 0.125. The Morgan fingerprint density at radius 2 is 2.06 bits per heavy atom. The summed E-state index contributed by atoms with van der Waals surface area (Å²) in [7, 11) is 0. The molecule has 84 valence electrons. The first-order valence-corrected chi connectivity index (χ1v) is 5.10. The summed E-state index contributed by atoms with van der Waals surface area (Å²) in [5.41, 5.74) is 0.234. The standard InChI is InChI=1S/C8H2ClF3N2OS/c9-7-5-3(13-2-14-7)1-4(16-5)6(15)8(10,11)12/h1-2H. The molecule has 0 radical (unpaired) electrons. The summed E-state index contributed by atoms with van der Waals surface area (Å²) in [4.78, 5) is 17.8. The molecular formula is C8H2ClF3N2OS. The van der Waals surface area contributed by atoms with Crippen LogP contribution in [0.25, 0.3) is 10.2 Å². The zero-order chi connectivity index (χ0) is 11.9. The van der Waals surface area contributed by atoms with Gasteiger partial charge in [0.2, 0.25) is 0 Å². The molecule has 0 spiro atoms. The molecule has 0 unspecified atom stereocenters. The summed E-state index contributed by atoms with van der Waals surface area (Å²) in [6.07, 6.45) is -3.76. The van der Waals surface area contributed by atoms with Crippen LogP contribution >= 0.6 is 22.9 Å². The number of hydrogen-bond donors (Lipinski definition) is 0. The highest BCUT2D eigenvalue weighted by molar-refractivity contribution is 7.21. The molecule has 0 aliphatic rings. The molecule has 8 heteroatoms. The predicted molar refractivity (Wildman–Crippen MR) is 52.8 cm³/mol. The van der Waals surface area contributed by atoms with Gasteiger partial charge in [-0.1, -0.05) is 11.6 Å². The van der Waals surface area contributed by atoms with Gasteiger partial charge in [0.25, 0.3) is 5.78 Å². The third-order valence-corrected chi connectivity index (χ3v) is 3.28. The zero-order valence-electron chi connectivity index (χ0n) is 7.38. The highest BCUT2D eigenvalue weighted by Crippen LogP contribution is 2.32. The van der Waals surface area contributed by atoms with Crippen molar-refractivity contribution in [3.63, 3.8) is 0 Å². The van der Waals surface area contributed by atoms with Gasteiger partial charge in [-0.3, -0.25) is 4.79 Å². The van der Waals surface area contributed by atoms with Crippen molar-refractivity contribution in [2.24, 2.45) is 0 Å². The Labute approximate surface area is 95.9 Å². The van der Waals surface area contributed by atoms with Gasteiger partial charge < -0.3 is 0 Å². The molecule has 2 aromatic rings. The van der Waals surface area contributed by atoms with E-state index in [1.54, 1.807) is 0 Å². The number of Topliss-reactive ketones (excluding diaryl/α,β-unsaturated/α-hetero) is 1. The van der Waals surface area contributed by atoms with Gasteiger partial charge >= 0.3 is 6.18 Å². The number of hydrogen-bond acceptors (Lipinski definition) is 4. The van der Waals surface area contributed by atoms with Crippen LogP contribution in [0.5, 0.6) is 0 Å². The summed E-state index contributed by atoms with van der Waals surface area (Å²) in [5, 5.41) is 0.0382. The van der Waals surface area contributed by atoms with Crippen molar-refractivity contribution in [1.29, 1.82) is 0 Å². The summed E-state index contributed by atoms with van der Waals surface area (Å²) >= 11 is 6.29. The van der Waals surface area contributed by atoms with Gasteiger partial charge in [-0.25, -0.2) is 9.97 Å². The summed E-state index contributed by atoms with van der Waals surface area (Å²) in [5.74, 6) is -1.90. The number of rotatable bonds is 1. The molecule has 0 saturated carbocycles. The highest BCUT2D eigenvalue weighted by atomic mass is 35.5. The minimum atomic E-state index is -4.89. The van der Waals surface area contributed by atoms with Crippen LogP contribution < -0.4 is 0 Å². The van der Waals surface area contributed by atoms with E-state index >= 15 is 0 Å². The zero-order valence-corrected chi connectivity index (χ0v) is 8.95. The van der Waals surface area contributed by atoms with Gasteiger partial charge in [0.05, 0.1) is 15.1 Å². The SMILES string of the molecule is O=C(c1cc2ncnc(Cl)c2s1)C(F)(F)F. The van der Waals surface area contributed by atoms with Crippen molar-refractivity contribution < 1.29 is 18.0 Å². The minimum Gasteiger partial charge on any atom is -0.283 e. The third kappa shape index (κ3) is 1.88. The Kier molecular flexibility index (Phi) is 2.59. The molecular weight excluding hydrogens is 265 g/mol. The number of nitrogens with zero attached hydrogens (tertiary/aromatic N) is 2. The molecule has 2 aromatic heterocycles. The molecule has 2 heterocycles. The van der Waals surface area contributed by atoms with Crippen LogP contribution in [-0.4, -0.2) is 21.9 Å². The number of aromatic nitrogens is 2. The molecule has 16 heavy (non-hydrogen) atoms. The smallest absolute Gasteiger partial charge is 0.283 e. The second kappa shape index (κ2) is 3.67. The number of thiophene rings is 1. The lowest BCUT2D eigenvalue weighted by atomic mass is 10.3. The molecule has 0 amide bonds. The van der Waals surface area contributed by atoms with E-state index in [0.29, 0.717) is 11.3 Å². The van der Waals surface area contributed by atoms with Crippen molar-refractivity contribution in [3.05, 3.63) is 22.4 Å². The van der Waals surface area contributed by atoms with E-state index in [-0.39, 0.29) is 15.4 Å². The fourth-order valence-electron chi connectivity index (χ4n) is 1.08. The molecule has 0 aliphatic heterocycles. The van der Waals surface area contributed by atoms with E-state index in [2.05, 4.69) is 9.97 Å². The Bertz CT molecular complexity index is 566. The third-order valence-electron chi connectivity index (χ3n) is 1.75. The Balaban J connectivity index is 2.56. The van der Waals surface area contributed by atoms with Gasteiger partial charge in [-0.2, -0.15) is 13.2 Å². The van der Waals surface area contributed by atoms with E-state index in [1.165, 1.54) is 0 Å². The van der Waals surface area contributed by atoms with Gasteiger partial charge in [0, 0.05) is 0 Å². The van der Waals surface area contributed by atoms with Gasteiger partial charge in [-0.05, 0) is 6.07 Å². The van der Waals surface area contributed by atoms with Crippen LogP contribution in [0.3, 0.4) is 0 Å². The van der Waals surface area contributed by atoms with Crippen LogP contribution in [0.15, 0.2) is 12.4 Å². The number of fused-ring (bicyclic) bond motifs is 1.